The highest BCUT2D eigenvalue weighted by atomic mass is 35.5. The van der Waals surface area contributed by atoms with Crippen molar-refractivity contribution in [2.45, 2.75) is 19.3 Å². The van der Waals surface area contributed by atoms with Crippen molar-refractivity contribution < 1.29 is 19.1 Å². The first kappa shape index (κ1) is 15.1. The Bertz CT molecular complexity index is 697. The average molecular weight is 338 g/mol. The Morgan fingerprint density at radius 2 is 2.14 bits per heavy atom. The molecule has 0 unspecified atom stereocenters. The van der Waals surface area contributed by atoms with Crippen LogP contribution < -0.4 is 10.1 Å². The third-order valence-electron chi connectivity index (χ3n) is 3.56. The predicted molar refractivity (Wildman–Crippen MR) is 83.5 cm³/mol. The summed E-state index contributed by atoms with van der Waals surface area (Å²) in [6.07, 6.45) is 4.34. The number of amides is 2. The minimum absolute atomic E-state index is 0.00910. The lowest BCUT2D eigenvalue weighted by Crippen LogP contribution is -2.26. The molecule has 1 N–H and O–H groups in total. The highest BCUT2D eigenvalue weighted by Crippen LogP contribution is 2.32. The molecule has 1 saturated carbocycles. The molecule has 114 valence electrons. The van der Waals surface area contributed by atoms with E-state index in [2.05, 4.69) is 5.32 Å². The zero-order valence-corrected chi connectivity index (χ0v) is 13.0. The highest BCUT2D eigenvalue weighted by molar-refractivity contribution is 8.18. The fourth-order valence-corrected chi connectivity index (χ4v) is 2.99. The van der Waals surface area contributed by atoms with E-state index in [-0.39, 0.29) is 16.8 Å². The van der Waals surface area contributed by atoms with E-state index in [1.54, 1.807) is 12.1 Å². The molecular weight excluding hydrogens is 326 g/mol. The third kappa shape index (κ3) is 3.18. The first-order chi connectivity index (χ1) is 10.5. The normalized spacial score (nSPS) is 20.0. The van der Waals surface area contributed by atoms with Gasteiger partial charge in [0.05, 0.1) is 15.8 Å². The van der Waals surface area contributed by atoms with Gasteiger partial charge >= 0.3 is 5.97 Å². The molecule has 3 rings (SSSR count). The summed E-state index contributed by atoms with van der Waals surface area (Å²) in [5.74, 6) is -0.301. The molecule has 5 nitrogen and oxygen atoms in total. The van der Waals surface area contributed by atoms with Crippen molar-refractivity contribution in [3.8, 4) is 5.75 Å². The van der Waals surface area contributed by atoms with Gasteiger partial charge in [-0.15, -0.1) is 0 Å². The highest BCUT2D eigenvalue weighted by Gasteiger charge is 2.27. The van der Waals surface area contributed by atoms with E-state index >= 15 is 0 Å². The molecule has 22 heavy (non-hydrogen) atoms. The first-order valence-corrected chi connectivity index (χ1v) is 7.98. The molecular formula is C15H12ClNO4S. The zero-order valence-electron chi connectivity index (χ0n) is 11.4. The molecule has 0 aromatic heterocycles. The molecule has 2 fully saturated rings. The maximum atomic E-state index is 11.8. The van der Waals surface area contributed by atoms with Gasteiger partial charge < -0.3 is 4.74 Å². The van der Waals surface area contributed by atoms with E-state index in [0.717, 1.165) is 31.0 Å². The summed E-state index contributed by atoms with van der Waals surface area (Å²) in [5.41, 5.74) is 0.581. The van der Waals surface area contributed by atoms with Gasteiger partial charge in [-0.2, -0.15) is 0 Å². The molecule has 1 saturated heterocycles. The number of rotatable bonds is 3. The minimum atomic E-state index is -0.438. The lowest BCUT2D eigenvalue weighted by molar-refractivity contribution is -0.141. The second-order valence-corrected chi connectivity index (χ2v) is 6.51. The molecule has 0 spiro atoms. The van der Waals surface area contributed by atoms with Crippen molar-refractivity contribution in [3.63, 3.8) is 0 Å². The van der Waals surface area contributed by atoms with Crippen LogP contribution in [-0.2, 0) is 9.59 Å². The van der Waals surface area contributed by atoms with Gasteiger partial charge in [-0.3, -0.25) is 19.7 Å². The molecule has 1 aliphatic carbocycles. The zero-order chi connectivity index (χ0) is 15.7. The Morgan fingerprint density at radius 3 is 2.68 bits per heavy atom. The topological polar surface area (TPSA) is 72.5 Å². The summed E-state index contributed by atoms with van der Waals surface area (Å²) < 4.78 is 5.28. The number of halogens is 1. The molecule has 1 heterocycles. The SMILES string of the molecule is O=C1NC(=O)C(=Cc2ccc(OC(=O)C3CCC3)cc2Cl)S1. The number of nitrogens with one attached hydrogen (secondary N) is 1. The molecule has 0 radical (unpaired) electrons. The summed E-state index contributed by atoms with van der Waals surface area (Å²) in [7, 11) is 0. The molecule has 1 aromatic carbocycles. The largest absolute Gasteiger partial charge is 0.426 e. The van der Waals surface area contributed by atoms with E-state index in [4.69, 9.17) is 16.3 Å². The summed E-state index contributed by atoms with van der Waals surface area (Å²) in [6, 6.07) is 4.80. The number of hydrogen-bond acceptors (Lipinski definition) is 5. The van der Waals surface area contributed by atoms with Gasteiger partial charge in [0.25, 0.3) is 11.1 Å². The fourth-order valence-electron chi connectivity index (χ4n) is 2.09. The van der Waals surface area contributed by atoms with Crippen LogP contribution in [0, 0.1) is 5.92 Å². The van der Waals surface area contributed by atoms with Crippen LogP contribution in [0.5, 0.6) is 5.75 Å². The van der Waals surface area contributed by atoms with Crippen molar-refractivity contribution in [1.82, 2.24) is 5.32 Å². The summed E-state index contributed by atoms with van der Waals surface area (Å²) in [4.78, 5) is 34.7. The van der Waals surface area contributed by atoms with E-state index in [9.17, 15) is 14.4 Å². The van der Waals surface area contributed by atoms with Crippen molar-refractivity contribution in [1.29, 1.82) is 0 Å². The van der Waals surface area contributed by atoms with Gasteiger partial charge in [-0.1, -0.05) is 18.0 Å². The second-order valence-electron chi connectivity index (χ2n) is 5.08. The Balaban J connectivity index is 1.74. The first-order valence-electron chi connectivity index (χ1n) is 6.79. The van der Waals surface area contributed by atoms with E-state index in [1.165, 1.54) is 12.1 Å². The fraction of sp³-hybridized carbons (Fsp3) is 0.267. The van der Waals surface area contributed by atoms with Crippen LogP contribution in [0.3, 0.4) is 0 Å². The Morgan fingerprint density at radius 1 is 1.36 bits per heavy atom. The van der Waals surface area contributed by atoms with Gasteiger partial charge in [0.1, 0.15) is 5.75 Å². The quantitative estimate of drug-likeness (QED) is 0.520. The number of esters is 1. The number of imide groups is 1. The molecule has 1 aromatic rings. The number of benzene rings is 1. The Labute approximate surface area is 136 Å². The number of ether oxygens (including phenoxy) is 1. The lowest BCUT2D eigenvalue weighted by Gasteiger charge is -2.22. The van der Waals surface area contributed by atoms with Crippen LogP contribution in [0.25, 0.3) is 6.08 Å². The van der Waals surface area contributed by atoms with Crippen molar-refractivity contribution in [2.75, 3.05) is 0 Å². The Hall–Kier alpha value is -1.79. The lowest BCUT2D eigenvalue weighted by atomic mass is 9.86. The van der Waals surface area contributed by atoms with Gasteiger partial charge in [0.15, 0.2) is 0 Å². The van der Waals surface area contributed by atoms with Crippen LogP contribution in [0.2, 0.25) is 5.02 Å². The monoisotopic (exact) mass is 337 g/mol. The van der Waals surface area contributed by atoms with E-state index in [0.29, 0.717) is 16.3 Å². The van der Waals surface area contributed by atoms with Crippen LogP contribution in [-0.4, -0.2) is 17.1 Å². The summed E-state index contributed by atoms with van der Waals surface area (Å²) in [5, 5.41) is 2.12. The Kier molecular flexibility index (Phi) is 4.22. The van der Waals surface area contributed by atoms with Crippen molar-refractivity contribution >= 4 is 46.6 Å². The molecule has 2 aliphatic rings. The van der Waals surface area contributed by atoms with Gasteiger partial charge in [0, 0.05) is 6.07 Å². The summed E-state index contributed by atoms with van der Waals surface area (Å²) in [6.45, 7) is 0. The van der Waals surface area contributed by atoms with Crippen LogP contribution in [0.1, 0.15) is 24.8 Å². The van der Waals surface area contributed by atoms with Crippen LogP contribution >= 0.6 is 23.4 Å². The third-order valence-corrected chi connectivity index (χ3v) is 4.70. The average Bonchev–Trinajstić information content (AvgIpc) is 2.69. The van der Waals surface area contributed by atoms with Crippen molar-refractivity contribution in [3.05, 3.63) is 33.7 Å². The van der Waals surface area contributed by atoms with E-state index < -0.39 is 11.1 Å². The molecule has 0 atom stereocenters. The van der Waals surface area contributed by atoms with Gasteiger partial charge in [-0.05, 0) is 48.4 Å². The number of thioether (sulfide) groups is 1. The van der Waals surface area contributed by atoms with E-state index in [1.807, 2.05) is 0 Å². The second kappa shape index (κ2) is 6.14. The van der Waals surface area contributed by atoms with Gasteiger partial charge in [0.2, 0.25) is 0 Å². The maximum Gasteiger partial charge on any atom is 0.314 e. The van der Waals surface area contributed by atoms with Gasteiger partial charge in [-0.25, -0.2) is 0 Å². The molecule has 0 bridgehead atoms. The van der Waals surface area contributed by atoms with Crippen LogP contribution in [0.15, 0.2) is 23.1 Å². The predicted octanol–water partition coefficient (Wildman–Crippen LogP) is 3.37. The van der Waals surface area contributed by atoms with Crippen molar-refractivity contribution in [2.24, 2.45) is 5.92 Å². The van der Waals surface area contributed by atoms with Crippen LogP contribution in [0.4, 0.5) is 4.79 Å². The standard InChI is InChI=1S/C15H12ClNO4S/c16-11-7-10(21-14(19)8-2-1-3-8)5-4-9(11)6-12-13(18)17-15(20)22-12/h4-8H,1-3H2,(H,17,18,20). The minimum Gasteiger partial charge on any atom is -0.426 e. The number of carbonyl (C=O) groups is 3. The number of carbonyl (C=O) groups excluding carboxylic acids is 3. The number of hydrogen-bond donors (Lipinski definition) is 1. The molecule has 1 aliphatic heterocycles. The molecule has 2 amide bonds. The maximum absolute atomic E-state index is 11.8. The summed E-state index contributed by atoms with van der Waals surface area (Å²) >= 11 is 6.97. The molecule has 7 heteroatoms. The smallest absolute Gasteiger partial charge is 0.314 e.